The van der Waals surface area contributed by atoms with Gasteiger partial charge in [-0.05, 0) is 37.0 Å². The molecule has 134 valence electrons. The van der Waals surface area contributed by atoms with Gasteiger partial charge in [0, 0.05) is 13.7 Å². The largest absolute Gasteiger partial charge is 0.497 e. The summed E-state index contributed by atoms with van der Waals surface area (Å²) in [7, 11) is 3.18. The van der Waals surface area contributed by atoms with Crippen LogP contribution < -0.4 is 4.74 Å². The predicted octanol–water partition coefficient (Wildman–Crippen LogP) is 2.34. The van der Waals surface area contributed by atoms with Crippen LogP contribution >= 0.6 is 0 Å². The highest BCUT2D eigenvalue weighted by molar-refractivity contribution is 5.57. The topological polar surface area (TPSA) is 63.2 Å². The first-order valence-corrected chi connectivity index (χ1v) is 8.18. The fraction of sp³-hybridized carbons (Fsp3) is 0.611. The first kappa shape index (κ1) is 18.9. The zero-order valence-corrected chi connectivity index (χ0v) is 14.3. The minimum Gasteiger partial charge on any atom is -0.497 e. The standard InChI is InChI=1S/C18H26O6/c1-20-13-23-18(11-19)17-8-7-16(24-17)9-10-22-12-14-3-5-15(21-2)6-4-14/h3-6,11,16-18H,7-10,12-13H2,1-2H3/t16-,17+,18+/m1/s1. The van der Waals surface area contributed by atoms with Crippen LogP contribution in [0.2, 0.25) is 0 Å². The minimum atomic E-state index is -0.560. The van der Waals surface area contributed by atoms with E-state index < -0.39 is 6.10 Å². The molecule has 0 amide bonds. The number of hydrogen-bond acceptors (Lipinski definition) is 6. The van der Waals surface area contributed by atoms with Crippen molar-refractivity contribution in [3.8, 4) is 5.75 Å². The number of carbonyl (C=O) groups is 1. The third-order valence-electron chi connectivity index (χ3n) is 4.03. The first-order chi connectivity index (χ1) is 11.8. The highest BCUT2D eigenvalue weighted by Gasteiger charge is 2.32. The molecule has 0 bridgehead atoms. The summed E-state index contributed by atoms with van der Waals surface area (Å²) in [6, 6.07) is 7.82. The highest BCUT2D eigenvalue weighted by Crippen LogP contribution is 2.25. The number of hydrogen-bond donors (Lipinski definition) is 0. The molecule has 24 heavy (non-hydrogen) atoms. The molecule has 0 aliphatic carbocycles. The van der Waals surface area contributed by atoms with Crippen molar-refractivity contribution in [1.82, 2.24) is 0 Å². The summed E-state index contributed by atoms with van der Waals surface area (Å²) in [6.07, 6.45) is 2.68. The summed E-state index contributed by atoms with van der Waals surface area (Å²) in [5.41, 5.74) is 1.11. The number of rotatable bonds is 11. The van der Waals surface area contributed by atoms with Crippen LogP contribution in [0, 0.1) is 0 Å². The third-order valence-corrected chi connectivity index (χ3v) is 4.03. The molecule has 0 saturated carbocycles. The lowest BCUT2D eigenvalue weighted by Gasteiger charge is -2.19. The van der Waals surface area contributed by atoms with E-state index in [0.717, 1.165) is 36.9 Å². The van der Waals surface area contributed by atoms with Gasteiger partial charge in [-0.1, -0.05) is 12.1 Å². The molecule has 1 aromatic carbocycles. The Balaban J connectivity index is 1.63. The van der Waals surface area contributed by atoms with Crippen LogP contribution in [-0.2, 0) is 30.3 Å². The lowest BCUT2D eigenvalue weighted by Crippen LogP contribution is -2.31. The fourth-order valence-electron chi connectivity index (χ4n) is 2.69. The van der Waals surface area contributed by atoms with Crippen LogP contribution in [0.5, 0.6) is 5.75 Å². The average molecular weight is 338 g/mol. The summed E-state index contributed by atoms with van der Waals surface area (Å²) >= 11 is 0. The van der Waals surface area contributed by atoms with Gasteiger partial charge in [0.05, 0.1) is 25.9 Å². The van der Waals surface area contributed by atoms with Crippen molar-refractivity contribution in [2.45, 2.75) is 44.2 Å². The van der Waals surface area contributed by atoms with Crippen molar-refractivity contribution in [3.63, 3.8) is 0 Å². The van der Waals surface area contributed by atoms with Gasteiger partial charge < -0.3 is 28.5 Å². The van der Waals surface area contributed by atoms with Crippen molar-refractivity contribution in [2.24, 2.45) is 0 Å². The van der Waals surface area contributed by atoms with Gasteiger partial charge in [-0.3, -0.25) is 0 Å². The maximum absolute atomic E-state index is 11.1. The van der Waals surface area contributed by atoms with E-state index in [1.54, 1.807) is 7.11 Å². The molecule has 1 aromatic rings. The Hall–Kier alpha value is -1.47. The number of benzene rings is 1. The van der Waals surface area contributed by atoms with Gasteiger partial charge in [0.1, 0.15) is 18.6 Å². The second-order valence-electron chi connectivity index (χ2n) is 5.74. The molecule has 6 heteroatoms. The highest BCUT2D eigenvalue weighted by atomic mass is 16.7. The molecular formula is C18H26O6. The van der Waals surface area contributed by atoms with Gasteiger partial charge in [-0.15, -0.1) is 0 Å². The van der Waals surface area contributed by atoms with E-state index in [0.29, 0.717) is 13.2 Å². The Morgan fingerprint density at radius 2 is 2.04 bits per heavy atom. The molecule has 0 radical (unpaired) electrons. The average Bonchev–Trinajstić information content (AvgIpc) is 3.09. The van der Waals surface area contributed by atoms with Gasteiger partial charge in [0.25, 0.3) is 0 Å². The number of ether oxygens (including phenoxy) is 5. The van der Waals surface area contributed by atoms with E-state index in [2.05, 4.69) is 0 Å². The zero-order chi connectivity index (χ0) is 17.2. The van der Waals surface area contributed by atoms with E-state index in [9.17, 15) is 4.79 Å². The van der Waals surface area contributed by atoms with Crippen molar-refractivity contribution in [2.75, 3.05) is 27.6 Å². The van der Waals surface area contributed by atoms with Gasteiger partial charge in [-0.25, -0.2) is 0 Å². The summed E-state index contributed by atoms with van der Waals surface area (Å²) in [5.74, 6) is 0.838. The molecular weight excluding hydrogens is 312 g/mol. The Kier molecular flexibility index (Phi) is 8.18. The molecule has 1 saturated heterocycles. The lowest BCUT2D eigenvalue weighted by atomic mass is 10.1. The SMILES string of the molecule is COCO[C@@H](C=O)[C@@H]1CC[C@H](CCOCc2ccc(OC)cc2)O1. The van der Waals surface area contributed by atoms with Crippen molar-refractivity contribution in [1.29, 1.82) is 0 Å². The number of aldehydes is 1. The summed E-state index contributed by atoms with van der Waals surface area (Å²) in [4.78, 5) is 11.1. The molecule has 0 unspecified atom stereocenters. The molecule has 0 spiro atoms. The number of carbonyl (C=O) groups excluding carboxylic acids is 1. The Morgan fingerprint density at radius 1 is 1.25 bits per heavy atom. The van der Waals surface area contributed by atoms with Crippen LogP contribution in [-0.4, -0.2) is 52.2 Å². The van der Waals surface area contributed by atoms with E-state index >= 15 is 0 Å². The minimum absolute atomic E-state index is 0.0961. The van der Waals surface area contributed by atoms with Crippen molar-refractivity contribution >= 4 is 6.29 Å². The molecule has 1 aliphatic heterocycles. The summed E-state index contributed by atoms with van der Waals surface area (Å²) < 4.78 is 26.9. The van der Waals surface area contributed by atoms with E-state index in [4.69, 9.17) is 23.7 Å². The predicted molar refractivity (Wildman–Crippen MR) is 88.0 cm³/mol. The van der Waals surface area contributed by atoms with Crippen LogP contribution in [0.25, 0.3) is 0 Å². The van der Waals surface area contributed by atoms with E-state index in [1.807, 2.05) is 24.3 Å². The monoisotopic (exact) mass is 338 g/mol. The van der Waals surface area contributed by atoms with Crippen LogP contribution in [0.3, 0.4) is 0 Å². The maximum Gasteiger partial charge on any atom is 0.151 e. The third kappa shape index (κ3) is 5.87. The second-order valence-corrected chi connectivity index (χ2v) is 5.74. The normalized spacial score (nSPS) is 21.6. The van der Waals surface area contributed by atoms with Gasteiger partial charge in [0.15, 0.2) is 6.29 Å². The molecule has 1 aliphatic rings. The zero-order valence-electron chi connectivity index (χ0n) is 14.3. The maximum atomic E-state index is 11.1. The summed E-state index contributed by atoms with van der Waals surface area (Å²) in [5, 5.41) is 0. The summed E-state index contributed by atoms with van der Waals surface area (Å²) in [6.45, 7) is 1.28. The molecule has 0 aromatic heterocycles. The molecule has 1 fully saturated rings. The van der Waals surface area contributed by atoms with E-state index in [1.165, 1.54) is 7.11 Å². The molecule has 1 heterocycles. The lowest BCUT2D eigenvalue weighted by molar-refractivity contribution is -0.145. The molecule has 0 N–H and O–H groups in total. The van der Waals surface area contributed by atoms with Crippen LogP contribution in [0.4, 0.5) is 0 Å². The van der Waals surface area contributed by atoms with Crippen molar-refractivity contribution in [3.05, 3.63) is 29.8 Å². The smallest absolute Gasteiger partial charge is 0.151 e. The van der Waals surface area contributed by atoms with Gasteiger partial charge in [0.2, 0.25) is 0 Å². The van der Waals surface area contributed by atoms with Crippen molar-refractivity contribution < 1.29 is 28.5 Å². The first-order valence-electron chi connectivity index (χ1n) is 8.18. The Morgan fingerprint density at radius 3 is 2.71 bits per heavy atom. The second kappa shape index (κ2) is 10.4. The Bertz CT molecular complexity index is 475. The Labute approximate surface area is 143 Å². The van der Waals surface area contributed by atoms with Crippen LogP contribution in [0.1, 0.15) is 24.8 Å². The van der Waals surface area contributed by atoms with Gasteiger partial charge in [-0.2, -0.15) is 0 Å². The number of methoxy groups -OCH3 is 2. The molecule has 2 rings (SSSR count). The van der Waals surface area contributed by atoms with Gasteiger partial charge >= 0.3 is 0 Å². The molecule has 6 nitrogen and oxygen atoms in total. The molecule has 3 atom stereocenters. The van der Waals surface area contributed by atoms with Crippen LogP contribution in [0.15, 0.2) is 24.3 Å². The fourth-order valence-corrected chi connectivity index (χ4v) is 2.69. The quantitative estimate of drug-likeness (QED) is 0.351. The van der Waals surface area contributed by atoms with E-state index in [-0.39, 0.29) is 19.0 Å².